The zero-order chi connectivity index (χ0) is 36.3. The van der Waals surface area contributed by atoms with Crippen LogP contribution in [0.4, 0.5) is 0 Å². The molecule has 11 nitrogen and oxygen atoms in total. The molecule has 1 aliphatic rings. The SMILES string of the molecule is CC(C)C(=O)Oc1cccc(OC(=O)C(C)C)c1-c1ccc(C[C@@H](NC(=O)[C@@]2(C)CCCN2S(=O)(=O)c2cc(Cl)cc(Cl)c2)C(=O)O)cc1. The van der Waals surface area contributed by atoms with E-state index in [0.29, 0.717) is 23.1 Å². The summed E-state index contributed by atoms with van der Waals surface area (Å²) in [6.45, 7) is 8.26. The number of carboxylic acids is 1. The highest BCUT2D eigenvalue weighted by molar-refractivity contribution is 7.89. The van der Waals surface area contributed by atoms with Crippen molar-refractivity contribution in [3.63, 3.8) is 0 Å². The Morgan fingerprint density at radius 2 is 1.43 bits per heavy atom. The fraction of sp³-hybridized carbons (Fsp3) is 0.371. The Hall–Kier alpha value is -3.97. The van der Waals surface area contributed by atoms with Crippen LogP contribution in [-0.2, 0) is 35.6 Å². The maximum absolute atomic E-state index is 13.7. The summed E-state index contributed by atoms with van der Waals surface area (Å²) in [6, 6.07) is 13.9. The fourth-order valence-electron chi connectivity index (χ4n) is 5.33. The average molecular weight is 734 g/mol. The van der Waals surface area contributed by atoms with E-state index in [1.807, 2.05) is 0 Å². The number of ether oxygens (including phenoxy) is 2. The Morgan fingerprint density at radius 1 is 0.898 bits per heavy atom. The molecule has 262 valence electrons. The topological polar surface area (TPSA) is 156 Å². The zero-order valence-corrected chi connectivity index (χ0v) is 30.0. The molecule has 1 amide bonds. The number of hydrogen-bond donors (Lipinski definition) is 2. The van der Waals surface area contributed by atoms with Crippen LogP contribution in [0.25, 0.3) is 11.1 Å². The summed E-state index contributed by atoms with van der Waals surface area (Å²) in [5, 5.41) is 12.8. The van der Waals surface area contributed by atoms with Gasteiger partial charge in [-0.2, -0.15) is 4.31 Å². The van der Waals surface area contributed by atoms with E-state index in [1.165, 1.54) is 25.1 Å². The second-order valence-electron chi connectivity index (χ2n) is 12.6. The molecule has 0 aliphatic carbocycles. The molecule has 1 heterocycles. The van der Waals surface area contributed by atoms with E-state index in [9.17, 15) is 32.7 Å². The number of carbonyl (C=O) groups is 4. The first kappa shape index (κ1) is 37.8. The van der Waals surface area contributed by atoms with Crippen LogP contribution in [0, 0.1) is 11.8 Å². The highest BCUT2D eigenvalue weighted by Crippen LogP contribution is 2.40. The molecule has 0 unspecified atom stereocenters. The van der Waals surface area contributed by atoms with Gasteiger partial charge >= 0.3 is 17.9 Å². The van der Waals surface area contributed by atoms with Crippen molar-refractivity contribution in [2.45, 2.75) is 70.4 Å². The highest BCUT2D eigenvalue weighted by Gasteiger charge is 2.50. The van der Waals surface area contributed by atoms with Crippen LogP contribution >= 0.6 is 23.2 Å². The van der Waals surface area contributed by atoms with Gasteiger partial charge in [0.05, 0.1) is 22.3 Å². The number of esters is 2. The summed E-state index contributed by atoms with van der Waals surface area (Å²) >= 11 is 12.1. The molecule has 3 aromatic carbocycles. The predicted octanol–water partition coefficient (Wildman–Crippen LogP) is 6.14. The number of rotatable bonds is 12. The first-order valence-electron chi connectivity index (χ1n) is 15.6. The Morgan fingerprint density at radius 3 is 1.92 bits per heavy atom. The molecule has 2 N–H and O–H groups in total. The van der Waals surface area contributed by atoms with Crippen molar-refractivity contribution in [1.82, 2.24) is 9.62 Å². The number of aliphatic carboxylic acids is 1. The molecule has 0 spiro atoms. The molecule has 2 atom stereocenters. The lowest BCUT2D eigenvalue weighted by molar-refractivity contribution is -0.143. The van der Waals surface area contributed by atoms with E-state index >= 15 is 0 Å². The maximum Gasteiger partial charge on any atom is 0.326 e. The van der Waals surface area contributed by atoms with Crippen LogP contribution in [0.15, 0.2) is 65.6 Å². The third-order valence-corrected chi connectivity index (χ3v) is 10.6. The van der Waals surface area contributed by atoms with Gasteiger partial charge in [0.15, 0.2) is 0 Å². The van der Waals surface area contributed by atoms with Gasteiger partial charge in [-0.1, -0.05) is 81.2 Å². The highest BCUT2D eigenvalue weighted by atomic mass is 35.5. The third-order valence-electron chi connectivity index (χ3n) is 8.13. The number of nitrogens with zero attached hydrogens (tertiary/aromatic N) is 1. The summed E-state index contributed by atoms with van der Waals surface area (Å²) in [5.41, 5.74) is -0.162. The summed E-state index contributed by atoms with van der Waals surface area (Å²) < 4.78 is 39.5. The van der Waals surface area contributed by atoms with Gasteiger partial charge in [0.1, 0.15) is 23.1 Å². The van der Waals surface area contributed by atoms with Crippen LogP contribution in [0.1, 0.15) is 53.0 Å². The number of halogens is 2. The van der Waals surface area contributed by atoms with Crippen molar-refractivity contribution < 1.29 is 42.2 Å². The number of nitrogens with one attached hydrogen (secondary N) is 1. The summed E-state index contributed by atoms with van der Waals surface area (Å²) in [7, 11) is -4.22. The first-order valence-corrected chi connectivity index (χ1v) is 17.8. The van der Waals surface area contributed by atoms with E-state index in [-0.39, 0.29) is 45.8 Å². The quantitative estimate of drug-likeness (QED) is 0.165. The predicted molar refractivity (Wildman–Crippen MR) is 184 cm³/mol. The lowest BCUT2D eigenvalue weighted by Gasteiger charge is -2.34. The molecule has 14 heteroatoms. The maximum atomic E-state index is 13.7. The van der Waals surface area contributed by atoms with Crippen LogP contribution in [0.3, 0.4) is 0 Å². The molecule has 0 saturated carbocycles. The molecule has 1 saturated heterocycles. The molecule has 0 aromatic heterocycles. The van der Waals surface area contributed by atoms with Gasteiger partial charge in [-0.25, -0.2) is 13.2 Å². The number of amides is 1. The van der Waals surface area contributed by atoms with Crippen LogP contribution in [0.5, 0.6) is 11.5 Å². The van der Waals surface area contributed by atoms with Gasteiger partial charge in [0, 0.05) is 23.0 Å². The summed E-state index contributed by atoms with van der Waals surface area (Å²) in [6.07, 6.45) is 0.407. The fourth-order valence-corrected chi connectivity index (χ4v) is 7.87. The molecule has 0 bridgehead atoms. The lowest BCUT2D eigenvalue weighted by Crippen LogP contribution is -2.58. The van der Waals surface area contributed by atoms with Crippen LogP contribution < -0.4 is 14.8 Å². The summed E-state index contributed by atoms with van der Waals surface area (Å²) in [4.78, 5) is 50.8. The van der Waals surface area contributed by atoms with Crippen molar-refractivity contribution in [2.24, 2.45) is 11.8 Å². The summed E-state index contributed by atoms with van der Waals surface area (Å²) in [5.74, 6) is -3.52. The average Bonchev–Trinajstić information content (AvgIpc) is 3.44. The zero-order valence-electron chi connectivity index (χ0n) is 27.7. The van der Waals surface area contributed by atoms with E-state index in [0.717, 1.165) is 4.31 Å². The Kier molecular flexibility index (Phi) is 11.8. The van der Waals surface area contributed by atoms with Gasteiger partial charge in [-0.15, -0.1) is 0 Å². The van der Waals surface area contributed by atoms with Gasteiger partial charge in [0.25, 0.3) is 0 Å². The van der Waals surface area contributed by atoms with E-state index < -0.39 is 57.3 Å². The normalized spacial score (nSPS) is 17.2. The number of sulfonamides is 1. The molecule has 1 aliphatic heterocycles. The van der Waals surface area contributed by atoms with Crippen molar-refractivity contribution >= 4 is 57.0 Å². The molecular formula is C35H38Cl2N2O9S. The molecule has 0 radical (unpaired) electrons. The van der Waals surface area contributed by atoms with Crippen molar-refractivity contribution in [3.8, 4) is 22.6 Å². The minimum atomic E-state index is -4.22. The van der Waals surface area contributed by atoms with Crippen molar-refractivity contribution in [2.75, 3.05) is 6.54 Å². The van der Waals surface area contributed by atoms with Crippen LogP contribution in [-0.4, -0.2) is 59.8 Å². The molecular weight excluding hydrogens is 695 g/mol. The molecule has 4 rings (SSSR count). The monoisotopic (exact) mass is 732 g/mol. The standard InChI is InChI=1S/C35H38Cl2N2O9S/c1-20(2)32(42)47-28-8-6-9-29(48-33(43)21(3)4)30(28)23-12-10-22(11-13-23)16-27(31(40)41)38-34(44)35(5)14-7-15-39(35)49(45,46)26-18-24(36)17-25(37)19-26/h6,8-13,17-21,27H,7,14-16H2,1-5H3,(H,38,44)(H,40,41)/t27-,35-/m1/s1. The number of carboxylic acid groups (broad SMARTS) is 1. The number of hydrogen-bond acceptors (Lipinski definition) is 8. The van der Waals surface area contributed by atoms with E-state index in [2.05, 4.69) is 5.32 Å². The van der Waals surface area contributed by atoms with Gasteiger partial charge in [-0.05, 0) is 61.2 Å². The smallest absolute Gasteiger partial charge is 0.326 e. The molecule has 3 aromatic rings. The van der Waals surface area contributed by atoms with Gasteiger partial charge in [-0.3, -0.25) is 14.4 Å². The molecule has 1 fully saturated rings. The minimum Gasteiger partial charge on any atom is -0.480 e. The number of benzene rings is 3. The number of carbonyl (C=O) groups excluding carboxylic acids is 3. The van der Waals surface area contributed by atoms with Crippen molar-refractivity contribution in [3.05, 3.63) is 76.3 Å². The third kappa shape index (κ3) is 8.61. The first-order chi connectivity index (χ1) is 22.9. The Labute approximate surface area is 295 Å². The second kappa shape index (κ2) is 15.3. The Bertz CT molecular complexity index is 1800. The second-order valence-corrected chi connectivity index (χ2v) is 15.3. The van der Waals surface area contributed by atoms with Gasteiger partial charge in [0.2, 0.25) is 15.9 Å². The van der Waals surface area contributed by atoms with E-state index in [4.69, 9.17) is 32.7 Å². The van der Waals surface area contributed by atoms with Gasteiger partial charge < -0.3 is 19.9 Å². The Balaban J connectivity index is 1.59. The lowest BCUT2D eigenvalue weighted by atomic mass is 9.96. The minimum absolute atomic E-state index is 0.0397. The van der Waals surface area contributed by atoms with Crippen LogP contribution in [0.2, 0.25) is 10.0 Å². The van der Waals surface area contributed by atoms with E-state index in [1.54, 1.807) is 70.2 Å². The van der Waals surface area contributed by atoms with Crippen molar-refractivity contribution in [1.29, 1.82) is 0 Å². The largest absolute Gasteiger partial charge is 0.480 e. The molecule has 49 heavy (non-hydrogen) atoms.